The lowest BCUT2D eigenvalue weighted by molar-refractivity contribution is -0.139. The van der Waals surface area contributed by atoms with Crippen molar-refractivity contribution in [2.75, 3.05) is 13.1 Å². The summed E-state index contributed by atoms with van der Waals surface area (Å²) in [6, 6.07) is 5.47. The number of aryl methyl sites for hydroxylation is 1. The summed E-state index contributed by atoms with van der Waals surface area (Å²) >= 11 is 5.98. The summed E-state index contributed by atoms with van der Waals surface area (Å²) in [5.41, 5.74) is 0.954. The van der Waals surface area contributed by atoms with Gasteiger partial charge in [-0.05, 0) is 56.4 Å². The summed E-state index contributed by atoms with van der Waals surface area (Å²) in [5.74, 6) is 1.48. The van der Waals surface area contributed by atoms with Crippen LogP contribution in [-0.4, -0.2) is 30.0 Å². The Bertz CT molecular complexity index is 481. The van der Waals surface area contributed by atoms with Crippen molar-refractivity contribution in [2.45, 2.75) is 39.7 Å². The Morgan fingerprint density at radius 1 is 1.40 bits per heavy atom. The van der Waals surface area contributed by atoms with Crippen LogP contribution in [0.25, 0.3) is 0 Å². The Hall–Kier alpha value is -1.22. The van der Waals surface area contributed by atoms with Gasteiger partial charge in [0.25, 0.3) is 5.91 Å². The molecule has 1 fully saturated rings. The molecule has 20 heavy (non-hydrogen) atoms. The average Bonchev–Trinajstić information content (AvgIpc) is 2.43. The molecule has 1 amide bonds. The fourth-order valence-corrected chi connectivity index (χ4v) is 2.55. The van der Waals surface area contributed by atoms with E-state index in [0.29, 0.717) is 16.7 Å². The van der Waals surface area contributed by atoms with E-state index in [-0.39, 0.29) is 5.91 Å². The molecule has 0 aliphatic carbocycles. The third-order valence-corrected chi connectivity index (χ3v) is 4.31. The van der Waals surface area contributed by atoms with Gasteiger partial charge in [-0.15, -0.1) is 0 Å². The molecule has 1 aromatic rings. The summed E-state index contributed by atoms with van der Waals surface area (Å²) in [5, 5.41) is 0.710. The van der Waals surface area contributed by atoms with Crippen LogP contribution in [-0.2, 0) is 4.79 Å². The van der Waals surface area contributed by atoms with E-state index in [0.717, 1.165) is 31.5 Å². The molecule has 3 nitrogen and oxygen atoms in total. The number of hydrogen-bond donors (Lipinski definition) is 0. The molecule has 1 atom stereocenters. The molecule has 0 spiro atoms. The van der Waals surface area contributed by atoms with Gasteiger partial charge in [0.1, 0.15) is 5.75 Å². The highest BCUT2D eigenvalue weighted by Gasteiger charge is 2.25. The fraction of sp³-hybridized carbons (Fsp3) is 0.562. The Morgan fingerprint density at radius 2 is 2.05 bits per heavy atom. The minimum absolute atomic E-state index is 0.0736. The second-order valence-electron chi connectivity index (χ2n) is 5.68. The minimum Gasteiger partial charge on any atom is -0.481 e. The van der Waals surface area contributed by atoms with Crippen LogP contribution in [0.4, 0.5) is 0 Å². The summed E-state index contributed by atoms with van der Waals surface area (Å²) in [7, 11) is 0. The zero-order valence-corrected chi connectivity index (χ0v) is 13.1. The van der Waals surface area contributed by atoms with Crippen molar-refractivity contribution in [3.8, 4) is 5.75 Å². The number of amides is 1. The Kier molecular flexibility index (Phi) is 4.92. The van der Waals surface area contributed by atoms with E-state index in [9.17, 15) is 4.79 Å². The average molecular weight is 296 g/mol. The van der Waals surface area contributed by atoms with Gasteiger partial charge in [-0.25, -0.2) is 0 Å². The maximum absolute atomic E-state index is 12.3. The van der Waals surface area contributed by atoms with E-state index in [2.05, 4.69) is 6.92 Å². The van der Waals surface area contributed by atoms with E-state index in [1.54, 1.807) is 12.1 Å². The number of nitrogens with zero attached hydrogens (tertiary/aromatic N) is 1. The molecule has 110 valence electrons. The maximum Gasteiger partial charge on any atom is 0.263 e. The van der Waals surface area contributed by atoms with Gasteiger partial charge >= 0.3 is 0 Å². The Balaban J connectivity index is 1.95. The van der Waals surface area contributed by atoms with Gasteiger partial charge in [0.05, 0.1) is 0 Å². The molecule has 0 aromatic heterocycles. The quantitative estimate of drug-likeness (QED) is 0.851. The van der Waals surface area contributed by atoms with Crippen LogP contribution in [0.5, 0.6) is 5.75 Å². The van der Waals surface area contributed by atoms with Gasteiger partial charge < -0.3 is 9.64 Å². The number of likely N-dealkylation sites (tertiary alicyclic amines) is 1. The van der Waals surface area contributed by atoms with Crippen molar-refractivity contribution < 1.29 is 9.53 Å². The number of hydrogen-bond acceptors (Lipinski definition) is 2. The molecule has 0 bridgehead atoms. The smallest absolute Gasteiger partial charge is 0.263 e. The number of piperidine rings is 1. The van der Waals surface area contributed by atoms with E-state index in [1.165, 1.54) is 0 Å². The molecule has 2 rings (SSSR count). The molecule has 1 aromatic carbocycles. The molecule has 0 N–H and O–H groups in total. The number of halogens is 1. The topological polar surface area (TPSA) is 29.5 Å². The van der Waals surface area contributed by atoms with E-state index in [4.69, 9.17) is 16.3 Å². The van der Waals surface area contributed by atoms with Crippen LogP contribution in [0.15, 0.2) is 18.2 Å². The lowest BCUT2D eigenvalue weighted by Gasteiger charge is -2.32. The number of carbonyl (C=O) groups is 1. The number of rotatable bonds is 3. The lowest BCUT2D eigenvalue weighted by atomic mass is 9.99. The van der Waals surface area contributed by atoms with Gasteiger partial charge in [-0.1, -0.05) is 18.5 Å². The minimum atomic E-state index is -0.455. The van der Waals surface area contributed by atoms with Gasteiger partial charge in [0.15, 0.2) is 6.10 Å². The summed E-state index contributed by atoms with van der Waals surface area (Å²) in [6.07, 6.45) is 1.71. The first-order valence-corrected chi connectivity index (χ1v) is 7.56. The second-order valence-corrected chi connectivity index (χ2v) is 6.09. The highest BCUT2D eigenvalue weighted by Crippen LogP contribution is 2.23. The predicted molar refractivity (Wildman–Crippen MR) is 81.3 cm³/mol. The Morgan fingerprint density at radius 3 is 2.65 bits per heavy atom. The van der Waals surface area contributed by atoms with Crippen LogP contribution < -0.4 is 4.74 Å². The molecule has 1 saturated heterocycles. The Labute approximate surface area is 125 Å². The standard InChI is InChI=1S/C16H22ClNO2/c1-11-6-8-18(9-7-11)16(19)13(3)20-14-4-5-15(17)12(2)10-14/h4-5,10-11,13H,6-9H2,1-3H3/t13-/m1/s1. The third-order valence-electron chi connectivity index (χ3n) is 3.89. The van der Waals surface area contributed by atoms with E-state index < -0.39 is 6.10 Å². The maximum atomic E-state index is 12.3. The van der Waals surface area contributed by atoms with E-state index >= 15 is 0 Å². The van der Waals surface area contributed by atoms with Crippen molar-refractivity contribution in [1.29, 1.82) is 0 Å². The van der Waals surface area contributed by atoms with Crippen LogP contribution in [0.3, 0.4) is 0 Å². The number of carbonyl (C=O) groups excluding carboxylic acids is 1. The van der Waals surface area contributed by atoms with Gasteiger partial charge in [-0.2, -0.15) is 0 Å². The summed E-state index contributed by atoms with van der Waals surface area (Å²) < 4.78 is 5.74. The van der Waals surface area contributed by atoms with Crippen LogP contribution in [0.2, 0.25) is 5.02 Å². The second kappa shape index (κ2) is 6.49. The molecule has 0 unspecified atom stereocenters. The van der Waals surface area contributed by atoms with Gasteiger partial charge in [-0.3, -0.25) is 4.79 Å². The molecule has 1 heterocycles. The van der Waals surface area contributed by atoms with Crippen molar-refractivity contribution in [2.24, 2.45) is 5.92 Å². The molecule has 0 saturated carbocycles. The van der Waals surface area contributed by atoms with Gasteiger partial charge in [0, 0.05) is 18.1 Å². The third kappa shape index (κ3) is 3.66. The first-order chi connectivity index (χ1) is 9.47. The molecular formula is C16H22ClNO2. The first-order valence-electron chi connectivity index (χ1n) is 7.19. The van der Waals surface area contributed by atoms with Crippen LogP contribution in [0, 0.1) is 12.8 Å². The van der Waals surface area contributed by atoms with Gasteiger partial charge in [0.2, 0.25) is 0 Å². The summed E-state index contributed by atoms with van der Waals surface area (Å²) in [6.45, 7) is 7.65. The molecule has 0 radical (unpaired) electrons. The number of ether oxygens (including phenoxy) is 1. The fourth-order valence-electron chi connectivity index (χ4n) is 2.43. The summed E-state index contributed by atoms with van der Waals surface area (Å²) in [4.78, 5) is 14.2. The zero-order valence-electron chi connectivity index (χ0n) is 12.4. The lowest BCUT2D eigenvalue weighted by Crippen LogP contribution is -2.44. The molecular weight excluding hydrogens is 274 g/mol. The molecule has 1 aliphatic heterocycles. The highest BCUT2D eigenvalue weighted by atomic mass is 35.5. The van der Waals surface area contributed by atoms with Crippen molar-refractivity contribution in [3.05, 3.63) is 28.8 Å². The SMILES string of the molecule is Cc1cc(O[C@H](C)C(=O)N2CCC(C)CC2)ccc1Cl. The highest BCUT2D eigenvalue weighted by molar-refractivity contribution is 6.31. The van der Waals surface area contributed by atoms with Crippen LogP contribution in [0.1, 0.15) is 32.3 Å². The zero-order chi connectivity index (χ0) is 14.7. The largest absolute Gasteiger partial charge is 0.481 e. The van der Waals surface area contributed by atoms with E-state index in [1.807, 2.05) is 24.8 Å². The number of benzene rings is 1. The van der Waals surface area contributed by atoms with Crippen molar-refractivity contribution in [1.82, 2.24) is 4.90 Å². The van der Waals surface area contributed by atoms with Crippen molar-refractivity contribution >= 4 is 17.5 Å². The normalized spacial score (nSPS) is 17.9. The van der Waals surface area contributed by atoms with Crippen molar-refractivity contribution in [3.63, 3.8) is 0 Å². The van der Waals surface area contributed by atoms with Crippen LogP contribution >= 0.6 is 11.6 Å². The first kappa shape index (κ1) is 15.2. The monoisotopic (exact) mass is 295 g/mol. The molecule has 4 heteroatoms. The molecule has 1 aliphatic rings. The predicted octanol–water partition coefficient (Wildman–Crippen LogP) is 3.67.